The summed E-state index contributed by atoms with van der Waals surface area (Å²) in [6, 6.07) is 19.3. The SMILES string of the molecule is Cc1ccc(OCCN2C(=O)C(C)Oc3cc(NC(=O)CCN4C(=O)c5ccccc5C4=O)ccc32)cc1. The summed E-state index contributed by atoms with van der Waals surface area (Å²) in [7, 11) is 0. The van der Waals surface area contributed by atoms with Crippen LogP contribution in [0.25, 0.3) is 0 Å². The first-order valence-electron chi connectivity index (χ1n) is 12.4. The van der Waals surface area contributed by atoms with Crippen LogP contribution in [0.4, 0.5) is 11.4 Å². The molecule has 38 heavy (non-hydrogen) atoms. The quantitative estimate of drug-likeness (QED) is 0.459. The van der Waals surface area contributed by atoms with Crippen LogP contribution in [-0.4, -0.2) is 54.3 Å². The Morgan fingerprint density at radius 3 is 2.29 bits per heavy atom. The lowest BCUT2D eigenvalue weighted by atomic mass is 10.1. The first-order valence-corrected chi connectivity index (χ1v) is 12.4. The highest BCUT2D eigenvalue weighted by atomic mass is 16.5. The number of imide groups is 1. The molecule has 2 heterocycles. The van der Waals surface area contributed by atoms with Crippen molar-refractivity contribution in [2.75, 3.05) is 29.9 Å². The molecule has 3 aromatic rings. The Labute approximate surface area is 219 Å². The smallest absolute Gasteiger partial charge is 0.267 e. The van der Waals surface area contributed by atoms with Crippen molar-refractivity contribution >= 4 is 35.0 Å². The maximum Gasteiger partial charge on any atom is 0.267 e. The molecule has 0 saturated carbocycles. The third-order valence-electron chi connectivity index (χ3n) is 6.50. The minimum absolute atomic E-state index is 0.0279. The van der Waals surface area contributed by atoms with Crippen molar-refractivity contribution in [3.8, 4) is 11.5 Å². The minimum atomic E-state index is -0.693. The molecule has 0 fully saturated rings. The molecular formula is C29H27N3O6. The molecular weight excluding hydrogens is 486 g/mol. The molecule has 194 valence electrons. The number of nitrogens with zero attached hydrogens (tertiary/aromatic N) is 2. The summed E-state index contributed by atoms with van der Waals surface area (Å²) in [5, 5.41) is 2.78. The lowest BCUT2D eigenvalue weighted by Crippen LogP contribution is -2.46. The predicted molar refractivity (Wildman–Crippen MR) is 141 cm³/mol. The maximum absolute atomic E-state index is 12.8. The molecule has 1 atom stereocenters. The number of fused-ring (bicyclic) bond motifs is 2. The first-order chi connectivity index (χ1) is 18.3. The second-order valence-electron chi connectivity index (χ2n) is 9.20. The van der Waals surface area contributed by atoms with Crippen LogP contribution in [0.15, 0.2) is 66.7 Å². The second-order valence-corrected chi connectivity index (χ2v) is 9.20. The molecule has 1 unspecified atom stereocenters. The van der Waals surface area contributed by atoms with Gasteiger partial charge >= 0.3 is 0 Å². The molecule has 0 saturated heterocycles. The summed E-state index contributed by atoms with van der Waals surface area (Å²) >= 11 is 0. The number of ether oxygens (including phenoxy) is 2. The topological polar surface area (TPSA) is 105 Å². The van der Waals surface area contributed by atoms with Crippen LogP contribution in [0, 0.1) is 6.92 Å². The van der Waals surface area contributed by atoms with Crippen LogP contribution in [0.3, 0.4) is 0 Å². The zero-order valence-corrected chi connectivity index (χ0v) is 21.1. The van der Waals surface area contributed by atoms with E-state index in [1.165, 1.54) is 0 Å². The number of benzene rings is 3. The summed E-state index contributed by atoms with van der Waals surface area (Å²) in [5.41, 5.74) is 2.90. The lowest BCUT2D eigenvalue weighted by molar-refractivity contribution is -0.125. The number of anilines is 2. The Kier molecular flexibility index (Phi) is 6.83. The van der Waals surface area contributed by atoms with E-state index in [9.17, 15) is 19.2 Å². The zero-order chi connectivity index (χ0) is 26.8. The van der Waals surface area contributed by atoms with E-state index in [-0.39, 0.29) is 24.8 Å². The summed E-state index contributed by atoms with van der Waals surface area (Å²) in [6.45, 7) is 4.28. The van der Waals surface area contributed by atoms with Gasteiger partial charge in [-0.3, -0.25) is 24.1 Å². The van der Waals surface area contributed by atoms with Crippen LogP contribution < -0.4 is 19.7 Å². The molecule has 0 spiro atoms. The molecule has 2 aliphatic rings. The normalized spacial score (nSPS) is 16.2. The van der Waals surface area contributed by atoms with E-state index in [2.05, 4.69) is 5.32 Å². The van der Waals surface area contributed by atoms with Gasteiger partial charge in [-0.05, 0) is 50.2 Å². The molecule has 0 bridgehead atoms. The third-order valence-corrected chi connectivity index (χ3v) is 6.50. The molecule has 5 rings (SSSR count). The fraction of sp³-hybridized carbons (Fsp3) is 0.241. The van der Waals surface area contributed by atoms with Gasteiger partial charge in [-0.25, -0.2) is 0 Å². The standard InChI is InChI=1S/C29H27N3O6/c1-18-7-10-21(11-8-18)37-16-15-31-24-12-9-20(17-25(24)38-19(2)27(31)34)30-26(33)13-14-32-28(35)22-5-3-4-6-23(22)29(32)36/h3-12,17,19H,13-16H2,1-2H3,(H,30,33). The zero-order valence-electron chi connectivity index (χ0n) is 21.1. The highest BCUT2D eigenvalue weighted by Gasteiger charge is 2.35. The molecule has 1 N–H and O–H groups in total. The molecule has 2 aliphatic heterocycles. The summed E-state index contributed by atoms with van der Waals surface area (Å²) < 4.78 is 11.6. The van der Waals surface area contributed by atoms with Gasteiger partial charge in [0, 0.05) is 24.7 Å². The van der Waals surface area contributed by atoms with Crippen molar-refractivity contribution in [2.24, 2.45) is 0 Å². The highest BCUT2D eigenvalue weighted by molar-refractivity contribution is 6.21. The van der Waals surface area contributed by atoms with E-state index < -0.39 is 17.9 Å². The van der Waals surface area contributed by atoms with Gasteiger partial charge in [0.05, 0.1) is 23.4 Å². The van der Waals surface area contributed by atoms with Crippen LogP contribution in [-0.2, 0) is 9.59 Å². The van der Waals surface area contributed by atoms with E-state index in [4.69, 9.17) is 9.47 Å². The molecule has 3 aromatic carbocycles. The van der Waals surface area contributed by atoms with Crippen LogP contribution in [0.1, 0.15) is 39.6 Å². The van der Waals surface area contributed by atoms with Crippen LogP contribution >= 0.6 is 0 Å². The average Bonchev–Trinajstić information content (AvgIpc) is 3.15. The van der Waals surface area contributed by atoms with Crippen LogP contribution in [0.2, 0.25) is 0 Å². The summed E-state index contributed by atoms with van der Waals surface area (Å²) in [6.07, 6.45) is -0.748. The van der Waals surface area contributed by atoms with E-state index in [0.717, 1.165) is 16.2 Å². The van der Waals surface area contributed by atoms with Gasteiger partial charge in [0.15, 0.2) is 6.10 Å². The van der Waals surface area contributed by atoms with E-state index in [1.807, 2.05) is 31.2 Å². The maximum atomic E-state index is 12.8. The number of carbonyl (C=O) groups is 4. The Morgan fingerprint density at radius 1 is 0.921 bits per heavy atom. The Hall–Kier alpha value is -4.66. The van der Waals surface area contributed by atoms with Gasteiger partial charge in [-0.15, -0.1) is 0 Å². The Balaban J connectivity index is 1.20. The number of hydrogen-bond acceptors (Lipinski definition) is 6. The van der Waals surface area contributed by atoms with Gasteiger partial charge in [0.2, 0.25) is 5.91 Å². The summed E-state index contributed by atoms with van der Waals surface area (Å²) in [4.78, 5) is 53.1. The minimum Gasteiger partial charge on any atom is -0.492 e. The van der Waals surface area contributed by atoms with Crippen molar-refractivity contribution in [1.82, 2.24) is 4.90 Å². The fourth-order valence-electron chi connectivity index (χ4n) is 4.49. The summed E-state index contributed by atoms with van der Waals surface area (Å²) in [5.74, 6) is -0.140. The molecule has 9 nitrogen and oxygen atoms in total. The molecule has 0 radical (unpaired) electrons. The number of rotatable bonds is 8. The van der Waals surface area contributed by atoms with E-state index >= 15 is 0 Å². The largest absolute Gasteiger partial charge is 0.492 e. The monoisotopic (exact) mass is 513 g/mol. The third kappa shape index (κ3) is 4.95. The van der Waals surface area contributed by atoms with Crippen molar-refractivity contribution in [3.63, 3.8) is 0 Å². The van der Waals surface area contributed by atoms with Gasteiger partial charge < -0.3 is 19.7 Å². The van der Waals surface area contributed by atoms with Gasteiger partial charge in [-0.2, -0.15) is 0 Å². The first kappa shape index (κ1) is 25.0. The van der Waals surface area contributed by atoms with Crippen molar-refractivity contribution in [1.29, 1.82) is 0 Å². The van der Waals surface area contributed by atoms with Gasteiger partial charge in [0.1, 0.15) is 18.1 Å². The molecule has 9 heteroatoms. The number of hydrogen-bond donors (Lipinski definition) is 1. The molecule has 4 amide bonds. The average molecular weight is 514 g/mol. The molecule has 0 aliphatic carbocycles. The molecule has 0 aromatic heterocycles. The Morgan fingerprint density at radius 2 is 1.61 bits per heavy atom. The number of carbonyl (C=O) groups excluding carboxylic acids is 4. The van der Waals surface area contributed by atoms with Crippen molar-refractivity contribution in [3.05, 3.63) is 83.4 Å². The second kappa shape index (κ2) is 10.4. The fourth-order valence-corrected chi connectivity index (χ4v) is 4.49. The predicted octanol–water partition coefficient (Wildman–Crippen LogP) is 3.81. The van der Waals surface area contributed by atoms with Gasteiger partial charge in [0.25, 0.3) is 17.7 Å². The van der Waals surface area contributed by atoms with Crippen molar-refractivity contribution in [2.45, 2.75) is 26.4 Å². The Bertz CT molecular complexity index is 1380. The van der Waals surface area contributed by atoms with E-state index in [0.29, 0.717) is 41.4 Å². The van der Waals surface area contributed by atoms with Gasteiger partial charge in [-0.1, -0.05) is 29.8 Å². The lowest BCUT2D eigenvalue weighted by Gasteiger charge is -2.33. The number of amides is 4. The van der Waals surface area contributed by atoms with Crippen LogP contribution in [0.5, 0.6) is 11.5 Å². The number of aryl methyl sites for hydroxylation is 1. The van der Waals surface area contributed by atoms with Crippen molar-refractivity contribution < 1.29 is 28.7 Å². The highest BCUT2D eigenvalue weighted by Crippen LogP contribution is 2.36. The number of nitrogens with one attached hydrogen (secondary N) is 1. The van der Waals surface area contributed by atoms with E-state index in [1.54, 1.807) is 54.3 Å².